The topological polar surface area (TPSA) is 73.8 Å². The van der Waals surface area contributed by atoms with E-state index < -0.39 is 21.9 Å². The Morgan fingerprint density at radius 1 is 1.18 bits per heavy atom. The van der Waals surface area contributed by atoms with Gasteiger partial charge in [-0.3, -0.25) is 9.69 Å². The normalized spacial score (nSPS) is 17.0. The van der Waals surface area contributed by atoms with E-state index in [0.717, 1.165) is 34.3 Å². The predicted molar refractivity (Wildman–Crippen MR) is 133 cm³/mol. The molecule has 0 N–H and O–H groups in total. The number of hydrogen-bond acceptors (Lipinski definition) is 6. The first kappa shape index (κ1) is 24.7. The minimum Gasteiger partial charge on any atom is -0.308 e. The van der Waals surface area contributed by atoms with E-state index in [1.54, 1.807) is 4.90 Å². The molecule has 0 bridgehead atoms. The molecule has 10 heteroatoms. The van der Waals surface area contributed by atoms with Crippen LogP contribution in [0.2, 0.25) is 0 Å². The maximum Gasteiger partial charge on any atom is 0.247 e. The van der Waals surface area contributed by atoms with Gasteiger partial charge in [-0.1, -0.05) is 30.4 Å². The van der Waals surface area contributed by atoms with Crippen LogP contribution >= 0.6 is 11.3 Å². The highest BCUT2D eigenvalue weighted by atomic mass is 32.2. The monoisotopic (exact) mass is 504 g/mol. The summed E-state index contributed by atoms with van der Waals surface area (Å²) in [6.07, 6.45) is 1.85. The first-order valence-electron chi connectivity index (χ1n) is 11.3. The van der Waals surface area contributed by atoms with Gasteiger partial charge in [-0.15, -0.1) is 0 Å². The first-order chi connectivity index (χ1) is 16.2. The lowest BCUT2D eigenvalue weighted by Gasteiger charge is -2.29. The van der Waals surface area contributed by atoms with Crippen LogP contribution in [0.15, 0.2) is 47.4 Å². The van der Waals surface area contributed by atoms with E-state index in [2.05, 4.69) is 6.92 Å². The Morgan fingerprint density at radius 2 is 1.91 bits per heavy atom. The van der Waals surface area contributed by atoms with Crippen molar-refractivity contribution in [2.45, 2.75) is 37.1 Å². The standard InChI is InChI=1S/C24H29FN4O3S2/c1-4-17-7-5-9-21-22(17)26-24(33-21)28(16-15-27(2)3)23(30)20-8-6-14-29(20)34(31,32)19-12-10-18(25)11-13-19/h5,7,9-13,20H,4,6,8,14-16H2,1-3H3. The summed E-state index contributed by atoms with van der Waals surface area (Å²) in [5.74, 6) is -0.785. The van der Waals surface area contributed by atoms with Crippen molar-refractivity contribution in [1.82, 2.24) is 14.2 Å². The van der Waals surface area contributed by atoms with Crippen LogP contribution < -0.4 is 4.90 Å². The van der Waals surface area contributed by atoms with Gasteiger partial charge in [0.2, 0.25) is 15.9 Å². The second-order valence-electron chi connectivity index (χ2n) is 8.63. The molecular weight excluding hydrogens is 475 g/mol. The number of nitrogens with zero attached hydrogens (tertiary/aromatic N) is 4. The Bertz CT molecular complexity index is 1280. The van der Waals surface area contributed by atoms with Gasteiger partial charge in [0, 0.05) is 19.6 Å². The summed E-state index contributed by atoms with van der Waals surface area (Å²) < 4.78 is 42.3. The molecule has 182 valence electrons. The van der Waals surface area contributed by atoms with Crippen LogP contribution in [0.3, 0.4) is 0 Å². The number of aryl methyl sites for hydroxylation is 1. The first-order valence-corrected chi connectivity index (χ1v) is 13.6. The lowest BCUT2D eigenvalue weighted by Crippen LogP contribution is -2.49. The number of fused-ring (bicyclic) bond motifs is 1. The number of hydrogen-bond donors (Lipinski definition) is 0. The quantitative estimate of drug-likeness (QED) is 0.467. The maximum absolute atomic E-state index is 13.8. The molecular formula is C24H29FN4O3S2. The van der Waals surface area contributed by atoms with Crippen molar-refractivity contribution >= 4 is 42.6 Å². The maximum atomic E-state index is 13.8. The van der Waals surface area contributed by atoms with E-state index >= 15 is 0 Å². The van der Waals surface area contributed by atoms with Crippen LogP contribution in [-0.4, -0.2) is 68.3 Å². The number of amides is 1. The minimum atomic E-state index is -3.94. The summed E-state index contributed by atoms with van der Waals surface area (Å²) in [6.45, 7) is 3.32. The Morgan fingerprint density at radius 3 is 2.59 bits per heavy atom. The van der Waals surface area contributed by atoms with Gasteiger partial charge < -0.3 is 4.90 Å². The molecule has 1 aliphatic heterocycles. The molecule has 1 unspecified atom stereocenters. The number of para-hydroxylation sites is 1. The number of halogens is 1. The average Bonchev–Trinajstić information content (AvgIpc) is 3.47. The van der Waals surface area contributed by atoms with Crippen molar-refractivity contribution in [3.05, 3.63) is 53.8 Å². The molecule has 1 aliphatic rings. The molecule has 0 spiro atoms. The highest BCUT2D eigenvalue weighted by Crippen LogP contribution is 2.34. The van der Waals surface area contributed by atoms with Gasteiger partial charge in [0.25, 0.3) is 0 Å². The summed E-state index contributed by atoms with van der Waals surface area (Å²) in [7, 11) is -0.0849. The van der Waals surface area contributed by atoms with Crippen molar-refractivity contribution in [2.24, 2.45) is 0 Å². The Hall–Kier alpha value is -2.40. The number of likely N-dealkylation sites (N-methyl/N-ethyl adjacent to an activating group) is 1. The summed E-state index contributed by atoms with van der Waals surface area (Å²) in [5, 5.41) is 0.578. The molecule has 4 rings (SSSR count). The number of aromatic nitrogens is 1. The third-order valence-electron chi connectivity index (χ3n) is 6.05. The SMILES string of the molecule is CCc1cccc2sc(N(CCN(C)C)C(=O)C3CCCN3S(=O)(=O)c3ccc(F)cc3)nc12. The zero-order chi connectivity index (χ0) is 24.5. The molecule has 0 saturated carbocycles. The van der Waals surface area contributed by atoms with Crippen LogP contribution in [0.1, 0.15) is 25.3 Å². The average molecular weight is 505 g/mol. The Labute approximate surface area is 203 Å². The van der Waals surface area contributed by atoms with E-state index in [-0.39, 0.29) is 17.3 Å². The van der Waals surface area contributed by atoms with Crippen LogP contribution in [0.5, 0.6) is 0 Å². The number of carbonyl (C=O) groups excluding carboxylic acids is 1. The van der Waals surface area contributed by atoms with E-state index in [9.17, 15) is 17.6 Å². The molecule has 0 radical (unpaired) electrons. The van der Waals surface area contributed by atoms with Crippen molar-refractivity contribution in [3.8, 4) is 0 Å². The molecule has 3 aromatic rings. The van der Waals surface area contributed by atoms with Gasteiger partial charge in [0.05, 0.1) is 15.1 Å². The summed E-state index contributed by atoms with van der Waals surface area (Å²) in [6, 6.07) is 9.92. The van der Waals surface area contributed by atoms with Gasteiger partial charge in [0.15, 0.2) is 5.13 Å². The van der Waals surface area contributed by atoms with Crippen LogP contribution in [0, 0.1) is 5.82 Å². The van der Waals surface area contributed by atoms with Crippen molar-refractivity contribution < 1.29 is 17.6 Å². The van der Waals surface area contributed by atoms with E-state index in [4.69, 9.17) is 4.98 Å². The molecule has 34 heavy (non-hydrogen) atoms. The third kappa shape index (κ3) is 4.86. The van der Waals surface area contributed by atoms with Crippen molar-refractivity contribution in [1.29, 1.82) is 0 Å². The van der Waals surface area contributed by atoms with Crippen LogP contribution in [-0.2, 0) is 21.2 Å². The smallest absolute Gasteiger partial charge is 0.247 e. The van der Waals surface area contributed by atoms with E-state index in [1.165, 1.54) is 27.8 Å². The van der Waals surface area contributed by atoms with E-state index in [1.807, 2.05) is 37.2 Å². The second-order valence-corrected chi connectivity index (χ2v) is 11.5. The Balaban J connectivity index is 1.69. The zero-order valence-electron chi connectivity index (χ0n) is 19.6. The highest BCUT2D eigenvalue weighted by Gasteiger charge is 2.42. The van der Waals surface area contributed by atoms with Gasteiger partial charge >= 0.3 is 0 Å². The van der Waals surface area contributed by atoms with Crippen molar-refractivity contribution in [2.75, 3.05) is 38.6 Å². The van der Waals surface area contributed by atoms with Gasteiger partial charge in [-0.2, -0.15) is 4.31 Å². The van der Waals surface area contributed by atoms with E-state index in [0.29, 0.717) is 31.1 Å². The summed E-state index contributed by atoms with van der Waals surface area (Å²) in [4.78, 5) is 22.2. The third-order valence-corrected chi connectivity index (χ3v) is 9.01. The molecule has 0 aliphatic carbocycles. The molecule has 1 fully saturated rings. The fraction of sp³-hybridized carbons (Fsp3) is 0.417. The molecule has 2 heterocycles. The number of anilines is 1. The lowest BCUT2D eigenvalue weighted by atomic mass is 10.1. The number of thiazole rings is 1. The molecule has 1 aromatic heterocycles. The fourth-order valence-electron chi connectivity index (χ4n) is 4.19. The minimum absolute atomic E-state index is 0.0129. The zero-order valence-corrected chi connectivity index (χ0v) is 21.2. The lowest BCUT2D eigenvalue weighted by molar-refractivity contribution is -0.121. The molecule has 1 saturated heterocycles. The van der Waals surface area contributed by atoms with Gasteiger partial charge in [-0.05, 0) is 69.3 Å². The van der Waals surface area contributed by atoms with Crippen LogP contribution in [0.25, 0.3) is 10.2 Å². The fourth-order valence-corrected chi connectivity index (χ4v) is 6.89. The molecule has 2 aromatic carbocycles. The van der Waals surface area contributed by atoms with Crippen molar-refractivity contribution in [3.63, 3.8) is 0 Å². The molecule has 7 nitrogen and oxygen atoms in total. The highest BCUT2D eigenvalue weighted by molar-refractivity contribution is 7.89. The van der Waals surface area contributed by atoms with Gasteiger partial charge in [0.1, 0.15) is 11.9 Å². The number of sulfonamides is 1. The second kappa shape index (κ2) is 10.1. The summed E-state index contributed by atoms with van der Waals surface area (Å²) >= 11 is 1.45. The summed E-state index contributed by atoms with van der Waals surface area (Å²) in [5.41, 5.74) is 2.00. The number of carbonyl (C=O) groups is 1. The van der Waals surface area contributed by atoms with Crippen LogP contribution in [0.4, 0.5) is 9.52 Å². The number of rotatable bonds is 8. The number of benzene rings is 2. The van der Waals surface area contributed by atoms with Gasteiger partial charge in [-0.25, -0.2) is 17.8 Å². The molecule has 1 atom stereocenters. The molecule has 1 amide bonds. The largest absolute Gasteiger partial charge is 0.308 e. The Kier molecular flexibility index (Phi) is 7.32. The predicted octanol–water partition coefficient (Wildman–Crippen LogP) is 3.75.